The number of hydrogen-bond donors (Lipinski definition) is 1. The molecule has 0 bridgehead atoms. The van der Waals surface area contributed by atoms with Crippen LogP contribution in [0.4, 0.5) is 0 Å². The normalized spacial score (nSPS) is 21.7. The first-order valence-electron chi connectivity index (χ1n) is 8.59. The van der Waals surface area contributed by atoms with Gasteiger partial charge in [-0.05, 0) is 54.7 Å². The van der Waals surface area contributed by atoms with Gasteiger partial charge in [-0.2, -0.15) is 0 Å². The summed E-state index contributed by atoms with van der Waals surface area (Å²) >= 11 is 0. The maximum Gasteiger partial charge on any atom is 0.0712 e. The summed E-state index contributed by atoms with van der Waals surface area (Å²) < 4.78 is 0. The van der Waals surface area contributed by atoms with Gasteiger partial charge in [-0.25, -0.2) is 0 Å². The fourth-order valence-electron chi connectivity index (χ4n) is 3.96. The van der Waals surface area contributed by atoms with Crippen molar-refractivity contribution in [2.45, 2.75) is 58.0 Å². The molecule has 1 aliphatic heterocycles. The smallest absolute Gasteiger partial charge is 0.0712 e. The van der Waals surface area contributed by atoms with Crippen LogP contribution in [0, 0.1) is 5.92 Å². The van der Waals surface area contributed by atoms with E-state index in [1.807, 2.05) is 0 Å². The highest BCUT2D eigenvalue weighted by molar-refractivity contribution is 5.35. The molecule has 2 nitrogen and oxygen atoms in total. The molecule has 21 heavy (non-hydrogen) atoms. The topological polar surface area (TPSA) is 23.5 Å². The first kappa shape index (κ1) is 15.1. The van der Waals surface area contributed by atoms with Crippen molar-refractivity contribution in [3.8, 4) is 0 Å². The first-order valence-corrected chi connectivity index (χ1v) is 8.59. The van der Waals surface area contributed by atoms with Crippen molar-refractivity contribution < 1.29 is 5.11 Å². The van der Waals surface area contributed by atoms with Gasteiger partial charge in [-0.1, -0.05) is 32.0 Å². The minimum atomic E-state index is -0.486. The van der Waals surface area contributed by atoms with E-state index in [0.29, 0.717) is 5.92 Å². The molecule has 0 spiro atoms. The van der Waals surface area contributed by atoms with Crippen molar-refractivity contribution in [1.82, 2.24) is 4.90 Å². The molecule has 0 saturated carbocycles. The molecule has 2 aliphatic rings. The molecule has 0 amide bonds. The number of rotatable bonds is 4. The van der Waals surface area contributed by atoms with Crippen LogP contribution in [-0.4, -0.2) is 35.2 Å². The highest BCUT2D eigenvalue weighted by atomic mass is 16.3. The molecule has 0 radical (unpaired) electrons. The van der Waals surface area contributed by atoms with Gasteiger partial charge in [-0.15, -0.1) is 0 Å². The SMILES string of the molecule is CC(C)CN1CCC(O)(Cc2ccc3c(c2)CCC3)CC1. The van der Waals surface area contributed by atoms with E-state index in [1.54, 1.807) is 0 Å². The van der Waals surface area contributed by atoms with Crippen LogP contribution in [0.2, 0.25) is 0 Å². The van der Waals surface area contributed by atoms with E-state index in [9.17, 15) is 5.11 Å². The van der Waals surface area contributed by atoms with Gasteiger partial charge >= 0.3 is 0 Å². The van der Waals surface area contributed by atoms with Gasteiger partial charge in [0.25, 0.3) is 0 Å². The number of fused-ring (bicyclic) bond motifs is 1. The molecule has 0 unspecified atom stereocenters. The largest absolute Gasteiger partial charge is 0.389 e. The van der Waals surface area contributed by atoms with Crippen molar-refractivity contribution >= 4 is 0 Å². The van der Waals surface area contributed by atoms with Gasteiger partial charge in [0.1, 0.15) is 0 Å². The summed E-state index contributed by atoms with van der Waals surface area (Å²) in [7, 11) is 0. The van der Waals surface area contributed by atoms with E-state index in [1.165, 1.54) is 36.0 Å². The zero-order valence-corrected chi connectivity index (χ0v) is 13.6. The number of hydrogen-bond acceptors (Lipinski definition) is 2. The highest BCUT2D eigenvalue weighted by Crippen LogP contribution is 2.29. The Hall–Kier alpha value is -0.860. The fourth-order valence-corrected chi connectivity index (χ4v) is 3.96. The van der Waals surface area contributed by atoms with Gasteiger partial charge < -0.3 is 10.0 Å². The Morgan fingerprint density at radius 1 is 1.14 bits per heavy atom. The predicted octanol–water partition coefficient (Wildman–Crippen LogP) is 3.20. The monoisotopic (exact) mass is 287 g/mol. The Bertz CT molecular complexity index is 486. The minimum absolute atomic E-state index is 0.486. The summed E-state index contributed by atoms with van der Waals surface area (Å²) in [5.41, 5.74) is 3.89. The van der Waals surface area contributed by atoms with Crippen molar-refractivity contribution in [2.24, 2.45) is 5.92 Å². The van der Waals surface area contributed by atoms with Gasteiger partial charge in [0, 0.05) is 26.1 Å². The van der Waals surface area contributed by atoms with Gasteiger partial charge in [-0.3, -0.25) is 0 Å². The second kappa shape index (κ2) is 6.10. The van der Waals surface area contributed by atoms with Crippen LogP contribution in [0.5, 0.6) is 0 Å². The maximum absolute atomic E-state index is 10.9. The van der Waals surface area contributed by atoms with Crippen LogP contribution < -0.4 is 0 Å². The van der Waals surface area contributed by atoms with Crippen LogP contribution in [0.25, 0.3) is 0 Å². The molecule has 2 heteroatoms. The van der Waals surface area contributed by atoms with Crippen molar-refractivity contribution in [1.29, 1.82) is 0 Å². The molecule has 116 valence electrons. The minimum Gasteiger partial charge on any atom is -0.389 e. The van der Waals surface area contributed by atoms with Gasteiger partial charge in [0.15, 0.2) is 0 Å². The molecule has 1 aromatic carbocycles. The molecular weight excluding hydrogens is 258 g/mol. The summed E-state index contributed by atoms with van der Waals surface area (Å²) in [6, 6.07) is 6.87. The molecule has 0 aromatic heterocycles. The lowest BCUT2D eigenvalue weighted by molar-refractivity contribution is -0.0227. The molecule has 1 heterocycles. The Morgan fingerprint density at radius 3 is 2.57 bits per heavy atom. The van der Waals surface area contributed by atoms with Crippen LogP contribution in [0.15, 0.2) is 18.2 Å². The molecule has 3 rings (SSSR count). The van der Waals surface area contributed by atoms with E-state index in [-0.39, 0.29) is 0 Å². The lowest BCUT2D eigenvalue weighted by Crippen LogP contribution is -2.46. The Balaban J connectivity index is 1.60. The van der Waals surface area contributed by atoms with Crippen molar-refractivity contribution in [3.05, 3.63) is 34.9 Å². The molecule has 1 fully saturated rings. The summed E-state index contributed by atoms with van der Waals surface area (Å²) in [6.07, 6.45) is 6.42. The van der Waals surface area contributed by atoms with Crippen LogP contribution in [0.1, 0.15) is 49.8 Å². The number of nitrogens with zero attached hydrogens (tertiary/aromatic N) is 1. The van der Waals surface area contributed by atoms with Crippen LogP contribution >= 0.6 is 0 Å². The van der Waals surface area contributed by atoms with E-state index in [4.69, 9.17) is 0 Å². The van der Waals surface area contributed by atoms with E-state index in [2.05, 4.69) is 36.9 Å². The lowest BCUT2D eigenvalue weighted by atomic mass is 9.84. The third kappa shape index (κ3) is 3.67. The molecule has 0 atom stereocenters. The number of likely N-dealkylation sites (tertiary alicyclic amines) is 1. The zero-order valence-electron chi connectivity index (χ0n) is 13.6. The van der Waals surface area contributed by atoms with E-state index >= 15 is 0 Å². The molecular formula is C19H29NO. The second-order valence-electron chi connectivity index (χ2n) is 7.55. The number of aryl methyl sites for hydroxylation is 2. The van der Waals surface area contributed by atoms with Crippen LogP contribution in [0.3, 0.4) is 0 Å². The Kier molecular flexibility index (Phi) is 4.37. The standard InChI is InChI=1S/C19H29NO/c1-15(2)14-20-10-8-19(21,9-11-20)13-16-6-7-17-4-3-5-18(17)12-16/h6-7,12,15,21H,3-5,8-11,13-14H2,1-2H3. The van der Waals surface area contributed by atoms with E-state index in [0.717, 1.165) is 38.9 Å². The first-order chi connectivity index (χ1) is 10.0. The average Bonchev–Trinajstić information content (AvgIpc) is 2.88. The number of aliphatic hydroxyl groups is 1. The highest BCUT2D eigenvalue weighted by Gasteiger charge is 2.32. The molecule has 1 saturated heterocycles. The van der Waals surface area contributed by atoms with Gasteiger partial charge in [0.2, 0.25) is 0 Å². The summed E-state index contributed by atoms with van der Waals surface area (Å²) in [4.78, 5) is 2.50. The number of piperidine rings is 1. The fraction of sp³-hybridized carbons (Fsp3) is 0.684. The third-order valence-corrected chi connectivity index (χ3v) is 5.11. The zero-order chi connectivity index (χ0) is 14.9. The number of benzene rings is 1. The van der Waals surface area contributed by atoms with Gasteiger partial charge in [0.05, 0.1) is 5.60 Å². The quantitative estimate of drug-likeness (QED) is 0.919. The van der Waals surface area contributed by atoms with Crippen molar-refractivity contribution in [3.63, 3.8) is 0 Å². The maximum atomic E-state index is 10.9. The van der Waals surface area contributed by atoms with Crippen molar-refractivity contribution in [2.75, 3.05) is 19.6 Å². The van der Waals surface area contributed by atoms with E-state index < -0.39 is 5.60 Å². The lowest BCUT2D eigenvalue weighted by Gasteiger charge is -2.39. The average molecular weight is 287 g/mol. The van der Waals surface area contributed by atoms with Crippen LogP contribution in [-0.2, 0) is 19.3 Å². The summed E-state index contributed by atoms with van der Waals surface area (Å²) in [6.45, 7) is 7.78. The molecule has 1 aliphatic carbocycles. The second-order valence-corrected chi connectivity index (χ2v) is 7.55. The molecule has 1 aromatic rings. The third-order valence-electron chi connectivity index (χ3n) is 5.11. The summed E-state index contributed by atoms with van der Waals surface area (Å²) in [5, 5.41) is 10.9. The predicted molar refractivity (Wildman–Crippen MR) is 87.6 cm³/mol. The Morgan fingerprint density at radius 2 is 1.86 bits per heavy atom. The summed E-state index contributed by atoms with van der Waals surface area (Å²) in [5.74, 6) is 0.716. The molecule has 1 N–H and O–H groups in total. The Labute approximate surface area is 129 Å².